The Morgan fingerprint density at radius 3 is 2.78 bits per heavy atom. The molecule has 0 spiro atoms. The molecule has 0 bridgehead atoms. The molecule has 1 aliphatic heterocycles. The fourth-order valence-corrected chi connectivity index (χ4v) is 2.23. The van der Waals surface area contributed by atoms with Crippen molar-refractivity contribution in [1.29, 1.82) is 0 Å². The molecule has 0 aliphatic carbocycles. The molecule has 100 valence electrons. The van der Waals surface area contributed by atoms with Gasteiger partial charge in [0.15, 0.2) is 0 Å². The Morgan fingerprint density at radius 1 is 1.39 bits per heavy atom. The maximum absolute atomic E-state index is 5.94. The van der Waals surface area contributed by atoms with Gasteiger partial charge in [-0.15, -0.1) is 0 Å². The average Bonchev–Trinajstić information content (AvgIpc) is 2.40. The van der Waals surface area contributed by atoms with Gasteiger partial charge in [0, 0.05) is 30.9 Å². The predicted molar refractivity (Wildman–Crippen MR) is 76.2 cm³/mol. The monoisotopic (exact) mass is 248 g/mol. The van der Waals surface area contributed by atoms with Gasteiger partial charge in [0.05, 0.1) is 6.10 Å². The lowest BCUT2D eigenvalue weighted by atomic mass is 10.1. The van der Waals surface area contributed by atoms with E-state index in [9.17, 15) is 0 Å². The van der Waals surface area contributed by atoms with Gasteiger partial charge < -0.3 is 15.4 Å². The van der Waals surface area contributed by atoms with Gasteiger partial charge in [-0.25, -0.2) is 0 Å². The standard InChI is InChI=1S/C15H24N2O/c1-3-12(2)18-15-6-4-5-14(11-15)17-9-7-13(16)8-10-17/h4-6,11-13H,3,7-10,16H2,1-2H3. The Morgan fingerprint density at radius 2 is 2.11 bits per heavy atom. The molecule has 2 N–H and O–H groups in total. The summed E-state index contributed by atoms with van der Waals surface area (Å²) in [5.74, 6) is 0.969. The van der Waals surface area contributed by atoms with Crippen LogP contribution in [0.15, 0.2) is 24.3 Å². The highest BCUT2D eigenvalue weighted by Gasteiger charge is 2.16. The summed E-state index contributed by atoms with van der Waals surface area (Å²) in [5, 5.41) is 0. The molecule has 3 nitrogen and oxygen atoms in total. The second-order valence-electron chi connectivity index (χ2n) is 5.16. The Bertz CT molecular complexity index is 373. The highest BCUT2D eigenvalue weighted by atomic mass is 16.5. The van der Waals surface area contributed by atoms with Gasteiger partial charge in [-0.1, -0.05) is 13.0 Å². The molecule has 0 saturated carbocycles. The van der Waals surface area contributed by atoms with Crippen molar-refractivity contribution in [3.8, 4) is 5.75 Å². The second-order valence-corrected chi connectivity index (χ2v) is 5.16. The SMILES string of the molecule is CCC(C)Oc1cccc(N2CCC(N)CC2)c1. The highest BCUT2D eigenvalue weighted by molar-refractivity contribution is 5.51. The van der Waals surface area contributed by atoms with Gasteiger partial charge in [-0.2, -0.15) is 0 Å². The molecule has 1 unspecified atom stereocenters. The van der Waals surface area contributed by atoms with Crippen LogP contribution in [-0.2, 0) is 0 Å². The largest absolute Gasteiger partial charge is 0.491 e. The van der Waals surface area contributed by atoms with E-state index in [2.05, 4.69) is 36.9 Å². The van der Waals surface area contributed by atoms with E-state index in [4.69, 9.17) is 10.5 Å². The lowest BCUT2D eigenvalue weighted by Crippen LogP contribution is -2.39. The first-order valence-electron chi connectivity index (χ1n) is 6.96. The maximum Gasteiger partial charge on any atom is 0.121 e. The predicted octanol–water partition coefficient (Wildman–Crippen LogP) is 2.79. The number of nitrogens with zero attached hydrogens (tertiary/aromatic N) is 1. The van der Waals surface area contributed by atoms with Crippen molar-refractivity contribution in [2.75, 3.05) is 18.0 Å². The molecule has 1 aliphatic rings. The van der Waals surface area contributed by atoms with E-state index < -0.39 is 0 Å². The van der Waals surface area contributed by atoms with Crippen LogP contribution < -0.4 is 15.4 Å². The Balaban J connectivity index is 2.02. The minimum Gasteiger partial charge on any atom is -0.491 e. The van der Waals surface area contributed by atoms with Crippen LogP contribution in [0.1, 0.15) is 33.1 Å². The third kappa shape index (κ3) is 3.39. The molecule has 3 heteroatoms. The number of hydrogen-bond acceptors (Lipinski definition) is 3. The summed E-state index contributed by atoms with van der Waals surface area (Å²) in [4.78, 5) is 2.40. The van der Waals surface area contributed by atoms with Crippen molar-refractivity contribution >= 4 is 5.69 Å². The van der Waals surface area contributed by atoms with Gasteiger partial charge in [-0.3, -0.25) is 0 Å². The molecule has 1 saturated heterocycles. The van der Waals surface area contributed by atoms with Crippen molar-refractivity contribution in [2.45, 2.75) is 45.3 Å². The smallest absolute Gasteiger partial charge is 0.121 e. The van der Waals surface area contributed by atoms with E-state index in [0.717, 1.165) is 38.1 Å². The number of rotatable bonds is 4. The van der Waals surface area contributed by atoms with Crippen molar-refractivity contribution in [3.05, 3.63) is 24.3 Å². The number of nitrogens with two attached hydrogens (primary N) is 1. The van der Waals surface area contributed by atoms with Crippen molar-refractivity contribution in [2.24, 2.45) is 5.73 Å². The molecule has 0 amide bonds. The summed E-state index contributed by atoms with van der Waals surface area (Å²) < 4.78 is 5.86. The lowest BCUT2D eigenvalue weighted by molar-refractivity contribution is 0.217. The fraction of sp³-hybridized carbons (Fsp3) is 0.600. The van der Waals surface area contributed by atoms with Crippen LogP contribution in [-0.4, -0.2) is 25.2 Å². The van der Waals surface area contributed by atoms with Crippen LogP contribution in [0.3, 0.4) is 0 Å². The fourth-order valence-electron chi connectivity index (χ4n) is 2.23. The van der Waals surface area contributed by atoms with Crippen molar-refractivity contribution < 1.29 is 4.74 Å². The second kappa shape index (κ2) is 6.10. The number of anilines is 1. The van der Waals surface area contributed by atoms with Gasteiger partial charge in [0.2, 0.25) is 0 Å². The first-order chi connectivity index (χ1) is 8.69. The highest BCUT2D eigenvalue weighted by Crippen LogP contribution is 2.24. The summed E-state index contributed by atoms with van der Waals surface area (Å²) in [6.45, 7) is 6.34. The zero-order valence-electron chi connectivity index (χ0n) is 11.4. The Labute approximate surface area is 110 Å². The van der Waals surface area contributed by atoms with Crippen LogP contribution in [0.25, 0.3) is 0 Å². The summed E-state index contributed by atoms with van der Waals surface area (Å²) in [5.41, 5.74) is 7.19. The van der Waals surface area contributed by atoms with Gasteiger partial charge >= 0.3 is 0 Å². The minimum absolute atomic E-state index is 0.273. The molecule has 1 aromatic rings. The Hall–Kier alpha value is -1.22. The van der Waals surface area contributed by atoms with Gasteiger partial charge in [0.25, 0.3) is 0 Å². The number of benzene rings is 1. The third-order valence-corrected chi connectivity index (χ3v) is 3.63. The normalized spacial score (nSPS) is 18.7. The molecular formula is C15H24N2O. The van der Waals surface area contributed by atoms with E-state index in [1.54, 1.807) is 0 Å². The third-order valence-electron chi connectivity index (χ3n) is 3.63. The summed E-state index contributed by atoms with van der Waals surface area (Å²) in [7, 11) is 0. The first-order valence-corrected chi connectivity index (χ1v) is 6.96. The van der Waals surface area contributed by atoms with Crippen LogP contribution >= 0.6 is 0 Å². The van der Waals surface area contributed by atoms with E-state index in [-0.39, 0.29) is 6.10 Å². The first kappa shape index (κ1) is 13.2. The van der Waals surface area contributed by atoms with E-state index in [1.165, 1.54) is 5.69 Å². The zero-order chi connectivity index (χ0) is 13.0. The average molecular weight is 248 g/mol. The van der Waals surface area contributed by atoms with E-state index >= 15 is 0 Å². The number of ether oxygens (including phenoxy) is 1. The molecule has 1 heterocycles. The summed E-state index contributed by atoms with van der Waals surface area (Å²) >= 11 is 0. The molecular weight excluding hydrogens is 224 g/mol. The van der Waals surface area contributed by atoms with Crippen molar-refractivity contribution in [3.63, 3.8) is 0 Å². The van der Waals surface area contributed by atoms with Gasteiger partial charge in [0.1, 0.15) is 5.75 Å². The molecule has 1 atom stereocenters. The molecule has 1 fully saturated rings. The van der Waals surface area contributed by atoms with E-state index in [1.807, 2.05) is 6.07 Å². The Kier molecular flexibility index (Phi) is 4.48. The zero-order valence-corrected chi connectivity index (χ0v) is 11.4. The molecule has 0 radical (unpaired) electrons. The molecule has 18 heavy (non-hydrogen) atoms. The lowest BCUT2D eigenvalue weighted by Gasteiger charge is -2.32. The van der Waals surface area contributed by atoms with Crippen molar-refractivity contribution in [1.82, 2.24) is 0 Å². The topological polar surface area (TPSA) is 38.5 Å². The maximum atomic E-state index is 5.94. The molecule has 1 aromatic carbocycles. The molecule has 0 aromatic heterocycles. The molecule has 2 rings (SSSR count). The number of hydrogen-bond donors (Lipinski definition) is 1. The van der Waals surface area contributed by atoms with Crippen LogP contribution in [0, 0.1) is 0 Å². The summed E-state index contributed by atoms with van der Waals surface area (Å²) in [6, 6.07) is 8.77. The van der Waals surface area contributed by atoms with Crippen LogP contribution in [0.2, 0.25) is 0 Å². The number of piperidine rings is 1. The van der Waals surface area contributed by atoms with Gasteiger partial charge in [-0.05, 0) is 38.3 Å². The summed E-state index contributed by atoms with van der Waals surface area (Å²) in [6.07, 6.45) is 3.46. The van der Waals surface area contributed by atoms with Crippen LogP contribution in [0.5, 0.6) is 5.75 Å². The van der Waals surface area contributed by atoms with Crippen LogP contribution in [0.4, 0.5) is 5.69 Å². The quantitative estimate of drug-likeness (QED) is 0.890. The minimum atomic E-state index is 0.273. The van der Waals surface area contributed by atoms with E-state index in [0.29, 0.717) is 6.04 Å².